The van der Waals surface area contributed by atoms with E-state index in [0.717, 1.165) is 44.1 Å². The molecule has 2 aromatic rings. The Morgan fingerprint density at radius 3 is 2.81 bits per heavy atom. The molecule has 1 aromatic carbocycles. The normalized spacial score (nSPS) is 21.8. The van der Waals surface area contributed by atoms with Gasteiger partial charge in [-0.15, -0.1) is 5.10 Å². The smallest absolute Gasteiger partial charge is 0.243 e. The van der Waals surface area contributed by atoms with Crippen LogP contribution in [0.1, 0.15) is 58.3 Å². The molecule has 1 aliphatic carbocycles. The minimum absolute atomic E-state index is 0.217. The predicted molar refractivity (Wildman–Crippen MR) is 120 cm³/mol. The van der Waals surface area contributed by atoms with Crippen LogP contribution in [0.5, 0.6) is 0 Å². The second kappa shape index (κ2) is 10.4. The van der Waals surface area contributed by atoms with Crippen molar-refractivity contribution in [2.45, 2.75) is 70.0 Å². The zero-order chi connectivity index (χ0) is 23.4. The molecule has 1 saturated heterocycles. The Kier molecular flexibility index (Phi) is 6.93. The van der Waals surface area contributed by atoms with Gasteiger partial charge in [-0.05, 0) is 59.3 Å². The van der Waals surface area contributed by atoms with Gasteiger partial charge in [0.15, 0.2) is 0 Å². The van der Waals surface area contributed by atoms with Crippen molar-refractivity contribution in [1.29, 1.82) is 0 Å². The van der Waals surface area contributed by atoms with Crippen molar-refractivity contribution >= 4 is 23.4 Å². The molecule has 32 heavy (non-hydrogen) atoms. The van der Waals surface area contributed by atoms with Crippen molar-refractivity contribution in [2.24, 2.45) is 11.6 Å². The van der Waals surface area contributed by atoms with E-state index >= 15 is 0 Å². The van der Waals surface area contributed by atoms with Crippen LogP contribution in [0.2, 0.25) is 5.02 Å². The number of hydrogen-bond donors (Lipinski definition) is 2. The van der Waals surface area contributed by atoms with E-state index in [0.29, 0.717) is 30.1 Å². The number of tetrazole rings is 1. The lowest BCUT2D eigenvalue weighted by molar-refractivity contribution is -0.139. The van der Waals surface area contributed by atoms with Crippen molar-refractivity contribution in [2.75, 3.05) is 6.54 Å². The minimum Gasteiger partial charge on any atom is -0.350 e. The molecule has 0 unspecified atom stereocenters. The topological polar surface area (TPSA) is 119 Å². The molecule has 1 saturated carbocycles. The molecule has 0 spiro atoms. The van der Waals surface area contributed by atoms with E-state index in [1.54, 1.807) is 23.1 Å². The van der Waals surface area contributed by atoms with Crippen LogP contribution < -0.4 is 11.1 Å². The van der Waals surface area contributed by atoms with Gasteiger partial charge in [0.2, 0.25) is 11.8 Å². The molecule has 9 nitrogen and oxygen atoms in total. The van der Waals surface area contributed by atoms with Gasteiger partial charge in [0.25, 0.3) is 0 Å². The predicted octanol–water partition coefficient (Wildman–Crippen LogP) is 2.22. The molecule has 4 rings (SSSR count). The Morgan fingerprint density at radius 1 is 1.25 bits per heavy atom. The van der Waals surface area contributed by atoms with E-state index < -0.39 is 18.0 Å². The van der Waals surface area contributed by atoms with Crippen LogP contribution in [0.4, 0.5) is 0 Å². The Morgan fingerprint density at radius 2 is 2.06 bits per heavy atom. The lowest BCUT2D eigenvalue weighted by atomic mass is 9.84. The summed E-state index contributed by atoms with van der Waals surface area (Å²) in [7, 11) is 0. The monoisotopic (exact) mass is 460 g/mol. The first-order chi connectivity index (χ1) is 15.9. The number of rotatable bonds is 7. The molecule has 1 aromatic heterocycles. The molecule has 2 aliphatic rings. The first kappa shape index (κ1) is 21.3. The molecule has 3 N–H and O–H groups in total. The molecule has 0 radical (unpaired) electrons. The Hall–Kier alpha value is -2.52. The second-order valence-electron chi connectivity index (χ2n) is 8.56. The van der Waals surface area contributed by atoms with Gasteiger partial charge in [-0.25, -0.2) is 4.68 Å². The molecule has 1 aliphatic heterocycles. The van der Waals surface area contributed by atoms with Crippen molar-refractivity contribution in [1.82, 2.24) is 30.4 Å². The lowest BCUT2D eigenvalue weighted by Gasteiger charge is -2.29. The molecular weight excluding hydrogens is 430 g/mol. The summed E-state index contributed by atoms with van der Waals surface area (Å²) in [5.74, 6) is -1.10. The zero-order valence-electron chi connectivity index (χ0n) is 19.0. The fourth-order valence-electron chi connectivity index (χ4n) is 4.66. The number of amides is 2. The Labute approximate surface area is 194 Å². The van der Waals surface area contributed by atoms with E-state index in [2.05, 4.69) is 20.8 Å². The van der Waals surface area contributed by atoms with Crippen LogP contribution in [0.15, 0.2) is 24.5 Å². The Balaban J connectivity index is 1.39. The maximum atomic E-state index is 13.1. The molecule has 2 atom stereocenters. The highest BCUT2D eigenvalue weighted by atomic mass is 35.5. The maximum absolute atomic E-state index is 13.1. The molecule has 0 bridgehead atoms. The summed E-state index contributed by atoms with van der Waals surface area (Å²) in [5, 5.41) is 14.7. The third-order valence-electron chi connectivity index (χ3n) is 6.32. The molecule has 2 heterocycles. The van der Waals surface area contributed by atoms with Gasteiger partial charge < -0.3 is 16.0 Å². The highest BCUT2D eigenvalue weighted by Crippen LogP contribution is 2.28. The van der Waals surface area contributed by atoms with Crippen LogP contribution in [0.25, 0.3) is 5.69 Å². The molecule has 2 amide bonds. The summed E-state index contributed by atoms with van der Waals surface area (Å²) in [4.78, 5) is 27.7. The van der Waals surface area contributed by atoms with Crippen LogP contribution in [-0.2, 0) is 16.1 Å². The van der Waals surface area contributed by atoms with Gasteiger partial charge in [-0.2, -0.15) is 0 Å². The first-order valence-corrected chi connectivity index (χ1v) is 11.6. The number of carbonyl (C=O) groups excluding carboxylic acids is 2. The number of benzene rings is 1. The van der Waals surface area contributed by atoms with Gasteiger partial charge in [-0.1, -0.05) is 43.7 Å². The standard InChI is InChI=1S/C22H30ClN7O2/c23-17-8-9-19(30-14-26-27-28-30)16(12-17)13-25-21(31)20-7-4-10-29(20)22(32)18(24)11-15-5-2-1-3-6-15/h8-9,12,14-15,18,20H,1-7,10-11,13,24H2,(H,25,31)/t18-,20-/m0/s1/i15D. The van der Waals surface area contributed by atoms with E-state index in [-0.39, 0.29) is 18.4 Å². The van der Waals surface area contributed by atoms with Gasteiger partial charge in [0.05, 0.1) is 11.7 Å². The number of nitrogens with one attached hydrogen (secondary N) is 1. The summed E-state index contributed by atoms with van der Waals surface area (Å²) in [6, 6.07) is 3.95. The maximum Gasteiger partial charge on any atom is 0.243 e. The summed E-state index contributed by atoms with van der Waals surface area (Å²) in [5.41, 5.74) is 7.71. The van der Waals surface area contributed by atoms with Gasteiger partial charge in [0, 0.05) is 19.5 Å². The van der Waals surface area contributed by atoms with E-state index in [4.69, 9.17) is 18.7 Å². The van der Waals surface area contributed by atoms with Crippen LogP contribution in [0.3, 0.4) is 0 Å². The fraction of sp³-hybridized carbons (Fsp3) is 0.591. The van der Waals surface area contributed by atoms with E-state index in [9.17, 15) is 9.59 Å². The molecule has 2 fully saturated rings. The van der Waals surface area contributed by atoms with Gasteiger partial charge >= 0.3 is 0 Å². The highest BCUT2D eigenvalue weighted by Gasteiger charge is 2.36. The average molecular weight is 461 g/mol. The summed E-state index contributed by atoms with van der Waals surface area (Å²) in [6.07, 6.45) is 7.86. The largest absolute Gasteiger partial charge is 0.350 e. The average Bonchev–Trinajstić information content (AvgIpc) is 3.49. The fourth-order valence-corrected chi connectivity index (χ4v) is 4.86. The second-order valence-corrected chi connectivity index (χ2v) is 8.99. The van der Waals surface area contributed by atoms with Crippen LogP contribution in [0, 0.1) is 5.89 Å². The number of nitrogens with two attached hydrogens (primary N) is 1. The highest BCUT2D eigenvalue weighted by molar-refractivity contribution is 6.30. The third kappa shape index (κ3) is 5.27. The molecular formula is C22H30ClN7O2. The van der Waals surface area contributed by atoms with Crippen molar-refractivity contribution in [3.63, 3.8) is 0 Å². The van der Waals surface area contributed by atoms with Crippen LogP contribution in [-0.4, -0.2) is 55.5 Å². The van der Waals surface area contributed by atoms with E-state index in [1.165, 1.54) is 11.0 Å². The zero-order valence-corrected chi connectivity index (χ0v) is 18.8. The minimum atomic E-state index is -0.756. The summed E-state index contributed by atoms with van der Waals surface area (Å²) < 4.78 is 10.2. The summed E-state index contributed by atoms with van der Waals surface area (Å²) in [6.45, 7) is 0.720. The van der Waals surface area contributed by atoms with Gasteiger partial charge in [0.1, 0.15) is 12.4 Å². The lowest BCUT2D eigenvalue weighted by Crippen LogP contribution is -2.51. The van der Waals surface area contributed by atoms with Crippen molar-refractivity contribution < 1.29 is 11.0 Å². The quantitative estimate of drug-likeness (QED) is 0.653. The first-order valence-electron chi connectivity index (χ1n) is 11.7. The number of likely N-dealkylation sites (tertiary alicyclic amines) is 1. The van der Waals surface area contributed by atoms with Crippen molar-refractivity contribution in [3.8, 4) is 5.69 Å². The number of aromatic nitrogens is 4. The van der Waals surface area contributed by atoms with Crippen LogP contribution >= 0.6 is 11.6 Å². The number of halogens is 1. The van der Waals surface area contributed by atoms with Gasteiger partial charge in [-0.3, -0.25) is 9.59 Å². The number of hydrogen-bond acceptors (Lipinski definition) is 6. The number of nitrogens with zero attached hydrogens (tertiary/aromatic N) is 5. The SMILES string of the molecule is [2H]C1(C[C@H](N)C(=O)N2CCC[C@H]2C(=O)NCc2cc(Cl)ccc2-n2cnnn2)CCCCC1. The summed E-state index contributed by atoms with van der Waals surface area (Å²) >= 11 is 6.16. The Bertz CT molecular complexity index is 981. The third-order valence-corrected chi connectivity index (χ3v) is 6.55. The van der Waals surface area contributed by atoms with E-state index in [1.807, 2.05) is 0 Å². The number of carbonyl (C=O) groups is 2. The van der Waals surface area contributed by atoms with Crippen molar-refractivity contribution in [3.05, 3.63) is 35.1 Å². The molecule has 172 valence electrons. The molecule has 10 heteroatoms.